The highest BCUT2D eigenvalue weighted by molar-refractivity contribution is 6.34. The van der Waals surface area contributed by atoms with Gasteiger partial charge in [-0.25, -0.2) is 4.79 Å². The van der Waals surface area contributed by atoms with Crippen LogP contribution in [0.5, 0.6) is 11.5 Å². The van der Waals surface area contributed by atoms with Crippen molar-refractivity contribution in [2.45, 2.75) is 0 Å². The first-order valence-corrected chi connectivity index (χ1v) is 8.58. The lowest BCUT2D eigenvalue weighted by atomic mass is 10.2. The van der Waals surface area contributed by atoms with Crippen molar-refractivity contribution in [1.82, 2.24) is 0 Å². The molecular formula is C19H13ClN2O6. The van der Waals surface area contributed by atoms with E-state index in [-0.39, 0.29) is 24.1 Å². The summed E-state index contributed by atoms with van der Waals surface area (Å²) in [5.41, 5.74) is 0.660. The molecule has 0 aliphatic carbocycles. The average molecular weight is 401 g/mol. The molecular weight excluding hydrogens is 388 g/mol. The molecule has 8 nitrogen and oxygen atoms in total. The number of benzene rings is 2. The Hall–Kier alpha value is -3.52. The highest BCUT2D eigenvalue weighted by Gasteiger charge is 2.19. The minimum atomic E-state index is -0.470. The van der Waals surface area contributed by atoms with Crippen molar-refractivity contribution >= 4 is 45.8 Å². The van der Waals surface area contributed by atoms with Crippen LogP contribution in [0.1, 0.15) is 0 Å². The average Bonchev–Trinajstić information content (AvgIpc) is 2.67. The van der Waals surface area contributed by atoms with Crippen LogP contribution in [0.4, 0.5) is 11.4 Å². The van der Waals surface area contributed by atoms with Crippen molar-refractivity contribution in [2.24, 2.45) is 0 Å². The van der Waals surface area contributed by atoms with Crippen molar-refractivity contribution in [3.63, 3.8) is 0 Å². The van der Waals surface area contributed by atoms with Crippen LogP contribution >= 0.6 is 11.6 Å². The second-order valence-electron chi connectivity index (χ2n) is 5.96. The third-order valence-electron chi connectivity index (χ3n) is 3.94. The molecule has 0 fully saturated rings. The van der Waals surface area contributed by atoms with E-state index < -0.39 is 11.5 Å². The molecule has 4 rings (SSSR count). The standard InChI is InChI=1S/C19H13ClN2O6/c20-12-6-14-16(27-9-18(24)22-14)7-13(12)21-17(23)8-26-11-3-1-10-2-4-19(25)28-15(10)5-11/h1-7H,8-9H2,(H,21,23)(H,22,24). The van der Waals surface area contributed by atoms with Gasteiger partial charge in [0.05, 0.1) is 16.4 Å². The minimum Gasteiger partial charge on any atom is -0.484 e. The Morgan fingerprint density at radius 2 is 2.00 bits per heavy atom. The van der Waals surface area contributed by atoms with Crippen LogP contribution in [-0.2, 0) is 9.59 Å². The summed E-state index contributed by atoms with van der Waals surface area (Å²) in [7, 11) is 0. The molecule has 0 radical (unpaired) electrons. The number of carbonyl (C=O) groups is 2. The normalized spacial score (nSPS) is 12.7. The van der Waals surface area contributed by atoms with E-state index in [0.717, 1.165) is 5.39 Å². The Bertz CT molecular complexity index is 1160. The number of hydrogen-bond donors (Lipinski definition) is 2. The summed E-state index contributed by atoms with van der Waals surface area (Å²) in [5, 5.41) is 6.24. The smallest absolute Gasteiger partial charge is 0.336 e. The van der Waals surface area contributed by atoms with E-state index in [2.05, 4.69) is 10.6 Å². The fourth-order valence-electron chi connectivity index (χ4n) is 2.66. The number of carbonyl (C=O) groups excluding carboxylic acids is 2. The fraction of sp³-hybridized carbons (Fsp3) is 0.105. The Morgan fingerprint density at radius 1 is 1.18 bits per heavy atom. The number of amides is 2. The molecule has 3 aromatic rings. The third-order valence-corrected chi connectivity index (χ3v) is 4.25. The highest BCUT2D eigenvalue weighted by atomic mass is 35.5. The van der Waals surface area contributed by atoms with E-state index in [9.17, 15) is 14.4 Å². The molecule has 1 aliphatic rings. The van der Waals surface area contributed by atoms with Crippen LogP contribution in [0.25, 0.3) is 11.0 Å². The number of nitrogens with one attached hydrogen (secondary N) is 2. The Kier molecular flexibility index (Phi) is 4.62. The maximum atomic E-state index is 12.2. The molecule has 2 N–H and O–H groups in total. The molecule has 28 heavy (non-hydrogen) atoms. The maximum Gasteiger partial charge on any atom is 0.336 e. The quantitative estimate of drug-likeness (QED) is 0.652. The van der Waals surface area contributed by atoms with Gasteiger partial charge in [-0.2, -0.15) is 0 Å². The van der Waals surface area contributed by atoms with Gasteiger partial charge in [-0.05, 0) is 24.3 Å². The fourth-order valence-corrected chi connectivity index (χ4v) is 2.87. The Morgan fingerprint density at radius 3 is 2.86 bits per heavy atom. The third kappa shape index (κ3) is 3.77. The van der Waals surface area contributed by atoms with Gasteiger partial charge in [0.25, 0.3) is 11.8 Å². The summed E-state index contributed by atoms with van der Waals surface area (Å²) in [6.07, 6.45) is 0. The van der Waals surface area contributed by atoms with Crippen molar-refractivity contribution < 1.29 is 23.5 Å². The highest BCUT2D eigenvalue weighted by Crippen LogP contribution is 2.36. The van der Waals surface area contributed by atoms with Gasteiger partial charge in [0.1, 0.15) is 17.1 Å². The first-order chi connectivity index (χ1) is 13.5. The van der Waals surface area contributed by atoms with Gasteiger partial charge in [-0.15, -0.1) is 0 Å². The Balaban J connectivity index is 1.43. The molecule has 2 aromatic carbocycles. The summed E-state index contributed by atoms with van der Waals surface area (Å²) in [6.45, 7) is -0.392. The topological polar surface area (TPSA) is 107 Å². The number of fused-ring (bicyclic) bond motifs is 2. The van der Waals surface area contributed by atoms with Crippen LogP contribution in [0.15, 0.2) is 51.7 Å². The van der Waals surface area contributed by atoms with Crippen molar-refractivity contribution in [2.75, 3.05) is 23.8 Å². The van der Waals surface area contributed by atoms with Gasteiger partial charge in [0.15, 0.2) is 13.2 Å². The van der Waals surface area contributed by atoms with Gasteiger partial charge >= 0.3 is 5.63 Å². The molecule has 1 aliphatic heterocycles. The molecule has 2 amide bonds. The lowest BCUT2D eigenvalue weighted by molar-refractivity contribution is -0.119. The lowest BCUT2D eigenvalue weighted by Crippen LogP contribution is -2.26. The zero-order chi connectivity index (χ0) is 19.7. The summed E-state index contributed by atoms with van der Waals surface area (Å²) < 4.78 is 15.8. The zero-order valence-corrected chi connectivity index (χ0v) is 15.0. The predicted molar refractivity (Wildman–Crippen MR) is 102 cm³/mol. The summed E-state index contributed by atoms with van der Waals surface area (Å²) in [6, 6.07) is 10.9. The molecule has 0 saturated carbocycles. The van der Waals surface area contributed by atoms with Gasteiger partial charge < -0.3 is 24.5 Å². The number of anilines is 2. The molecule has 2 heterocycles. The lowest BCUT2D eigenvalue weighted by Gasteiger charge is -2.19. The SMILES string of the molecule is O=C(COc1ccc2ccc(=O)oc2c1)Nc1cc2c(cc1Cl)NC(=O)CO2. The molecule has 0 spiro atoms. The molecule has 0 unspecified atom stereocenters. The summed E-state index contributed by atoms with van der Waals surface area (Å²) >= 11 is 6.15. The van der Waals surface area contributed by atoms with E-state index in [4.69, 9.17) is 25.5 Å². The molecule has 1 aromatic heterocycles. The van der Waals surface area contributed by atoms with Crippen LogP contribution in [0.3, 0.4) is 0 Å². The second kappa shape index (κ2) is 7.24. The van der Waals surface area contributed by atoms with E-state index in [1.165, 1.54) is 24.3 Å². The first kappa shape index (κ1) is 17.9. The molecule has 0 atom stereocenters. The van der Waals surface area contributed by atoms with E-state index >= 15 is 0 Å². The minimum absolute atomic E-state index is 0.108. The zero-order valence-electron chi connectivity index (χ0n) is 14.3. The molecule has 9 heteroatoms. The van der Waals surface area contributed by atoms with Crippen LogP contribution in [0, 0.1) is 0 Å². The monoisotopic (exact) mass is 400 g/mol. The van der Waals surface area contributed by atoms with Gasteiger partial charge in [0.2, 0.25) is 0 Å². The summed E-state index contributed by atoms with van der Waals surface area (Å²) in [4.78, 5) is 34.8. The number of rotatable bonds is 4. The van der Waals surface area contributed by atoms with Crippen molar-refractivity contribution in [1.29, 1.82) is 0 Å². The number of ether oxygens (including phenoxy) is 2. The summed E-state index contributed by atoms with van der Waals surface area (Å²) in [5.74, 6) is 0.0561. The molecule has 0 bridgehead atoms. The van der Waals surface area contributed by atoms with Gasteiger partial charge in [-0.3, -0.25) is 9.59 Å². The first-order valence-electron chi connectivity index (χ1n) is 8.21. The maximum absolute atomic E-state index is 12.2. The Labute approximate surface area is 163 Å². The van der Waals surface area contributed by atoms with Crippen LogP contribution < -0.4 is 25.7 Å². The van der Waals surface area contributed by atoms with Gasteiger partial charge in [0, 0.05) is 23.6 Å². The van der Waals surface area contributed by atoms with Crippen LogP contribution in [-0.4, -0.2) is 25.0 Å². The van der Waals surface area contributed by atoms with Gasteiger partial charge in [-0.1, -0.05) is 11.6 Å². The van der Waals surface area contributed by atoms with E-state index in [0.29, 0.717) is 28.5 Å². The predicted octanol–water partition coefficient (Wildman–Crippen LogP) is 2.79. The van der Waals surface area contributed by atoms with Crippen molar-refractivity contribution in [3.05, 3.63) is 57.9 Å². The molecule has 0 saturated heterocycles. The van der Waals surface area contributed by atoms with E-state index in [1.54, 1.807) is 18.2 Å². The largest absolute Gasteiger partial charge is 0.484 e. The van der Waals surface area contributed by atoms with Crippen LogP contribution in [0.2, 0.25) is 5.02 Å². The number of hydrogen-bond acceptors (Lipinski definition) is 6. The number of halogens is 1. The second-order valence-corrected chi connectivity index (χ2v) is 6.36. The van der Waals surface area contributed by atoms with E-state index in [1.807, 2.05) is 0 Å². The van der Waals surface area contributed by atoms with Crippen molar-refractivity contribution in [3.8, 4) is 11.5 Å². The molecule has 142 valence electrons.